The fourth-order valence-corrected chi connectivity index (χ4v) is 2.80. The summed E-state index contributed by atoms with van der Waals surface area (Å²) in [4.78, 5) is 23.6. The largest absolute Gasteiger partial charge is 0.480 e. The quantitative estimate of drug-likeness (QED) is 0.828. The molecular weight excluding hydrogens is 364 g/mol. The van der Waals surface area contributed by atoms with Crippen LogP contribution in [0.15, 0.2) is 28.7 Å². The third kappa shape index (κ3) is 3.26. The van der Waals surface area contributed by atoms with Crippen molar-refractivity contribution in [2.45, 2.75) is 25.8 Å². The second-order valence-electron chi connectivity index (χ2n) is 5.54. The van der Waals surface area contributed by atoms with Gasteiger partial charge in [0.1, 0.15) is 6.04 Å². The predicted octanol–water partition coefficient (Wildman–Crippen LogP) is 1.93. The molecule has 1 aromatic heterocycles. The van der Waals surface area contributed by atoms with Gasteiger partial charge < -0.3 is 10.4 Å². The van der Waals surface area contributed by atoms with Crippen molar-refractivity contribution in [1.82, 2.24) is 20.3 Å². The molecule has 3 rings (SSSR count). The fraction of sp³-hybridized carbons (Fsp3) is 0.333. The van der Waals surface area contributed by atoms with Gasteiger partial charge in [-0.2, -0.15) is 0 Å². The summed E-state index contributed by atoms with van der Waals surface area (Å²) in [7, 11) is 0. The van der Waals surface area contributed by atoms with Crippen LogP contribution in [0.3, 0.4) is 0 Å². The van der Waals surface area contributed by atoms with Crippen LogP contribution in [0.4, 0.5) is 0 Å². The van der Waals surface area contributed by atoms with Crippen molar-refractivity contribution >= 4 is 27.8 Å². The zero-order valence-corrected chi connectivity index (χ0v) is 13.9. The Morgan fingerprint density at radius 3 is 2.78 bits per heavy atom. The number of carboxylic acid groups (broad SMARTS) is 1. The minimum absolute atomic E-state index is 0.0110. The van der Waals surface area contributed by atoms with Gasteiger partial charge in [-0.25, -0.2) is 9.48 Å². The topological polar surface area (TPSA) is 97.1 Å². The molecule has 1 atom stereocenters. The van der Waals surface area contributed by atoms with Gasteiger partial charge in [-0.1, -0.05) is 27.2 Å². The Morgan fingerprint density at radius 1 is 1.43 bits per heavy atom. The number of hydrogen-bond donors (Lipinski definition) is 2. The first-order chi connectivity index (χ1) is 11.0. The van der Waals surface area contributed by atoms with Crippen molar-refractivity contribution in [3.63, 3.8) is 0 Å². The number of nitrogens with one attached hydrogen (secondary N) is 1. The van der Waals surface area contributed by atoms with Crippen LogP contribution in [0.25, 0.3) is 5.69 Å². The Labute approximate surface area is 140 Å². The molecule has 1 amide bonds. The molecule has 0 bridgehead atoms. The number of aromatic nitrogens is 3. The Morgan fingerprint density at radius 2 is 2.17 bits per heavy atom. The van der Waals surface area contributed by atoms with E-state index in [1.807, 2.05) is 24.3 Å². The van der Waals surface area contributed by atoms with E-state index in [9.17, 15) is 14.7 Å². The van der Waals surface area contributed by atoms with E-state index >= 15 is 0 Å². The number of halogens is 1. The van der Waals surface area contributed by atoms with Crippen LogP contribution in [-0.4, -0.2) is 38.0 Å². The highest BCUT2D eigenvalue weighted by Gasteiger charge is 2.38. The molecule has 2 aromatic rings. The number of carbonyl (C=O) groups excluding carboxylic acids is 1. The van der Waals surface area contributed by atoms with Crippen molar-refractivity contribution in [1.29, 1.82) is 0 Å². The number of rotatable bonds is 5. The van der Waals surface area contributed by atoms with Gasteiger partial charge in [0.2, 0.25) is 0 Å². The molecule has 0 spiro atoms. The van der Waals surface area contributed by atoms with Crippen molar-refractivity contribution in [2.24, 2.45) is 5.92 Å². The molecule has 8 heteroatoms. The van der Waals surface area contributed by atoms with Crippen molar-refractivity contribution in [3.05, 3.63) is 40.1 Å². The maximum absolute atomic E-state index is 12.3. The summed E-state index contributed by atoms with van der Waals surface area (Å²) in [5.41, 5.74) is 1.46. The van der Waals surface area contributed by atoms with E-state index in [2.05, 4.69) is 31.6 Å². The molecule has 1 saturated carbocycles. The number of aliphatic carboxylic acids is 1. The number of benzene rings is 1. The van der Waals surface area contributed by atoms with Crippen LogP contribution in [0.5, 0.6) is 0 Å². The molecule has 0 saturated heterocycles. The highest BCUT2D eigenvalue weighted by atomic mass is 79.9. The molecule has 1 aromatic carbocycles. The fourth-order valence-electron chi connectivity index (χ4n) is 2.41. The summed E-state index contributed by atoms with van der Waals surface area (Å²) in [6.45, 7) is 1.72. The van der Waals surface area contributed by atoms with Gasteiger partial charge in [0, 0.05) is 4.47 Å². The molecule has 1 fully saturated rings. The molecule has 1 aliphatic rings. The number of nitrogens with zero attached hydrogens (tertiary/aromatic N) is 3. The number of hydrogen-bond acceptors (Lipinski definition) is 4. The number of carbonyl (C=O) groups is 2. The smallest absolute Gasteiger partial charge is 0.326 e. The normalized spacial score (nSPS) is 15.2. The maximum atomic E-state index is 12.3. The first-order valence-corrected chi connectivity index (χ1v) is 7.98. The molecule has 23 heavy (non-hydrogen) atoms. The van der Waals surface area contributed by atoms with Gasteiger partial charge in [0.15, 0.2) is 5.69 Å². The van der Waals surface area contributed by atoms with Crippen LogP contribution in [-0.2, 0) is 4.79 Å². The highest BCUT2D eigenvalue weighted by Crippen LogP contribution is 2.32. The van der Waals surface area contributed by atoms with Gasteiger partial charge in [0.25, 0.3) is 5.91 Å². The lowest BCUT2D eigenvalue weighted by atomic mass is 10.2. The summed E-state index contributed by atoms with van der Waals surface area (Å²) in [5.74, 6) is -1.52. The predicted molar refractivity (Wildman–Crippen MR) is 85.4 cm³/mol. The van der Waals surface area contributed by atoms with Crippen molar-refractivity contribution in [2.75, 3.05) is 0 Å². The average molecular weight is 379 g/mol. The standard InChI is InChI=1S/C15H15BrN4O3/c1-8-12(14(21)17-13(15(22)23)9-5-6-9)18-19-20(8)11-4-2-3-10(16)7-11/h2-4,7,9,13H,5-6H2,1H3,(H,17,21)(H,22,23). The molecule has 120 valence electrons. The van der Waals surface area contributed by atoms with Crippen LogP contribution in [0.1, 0.15) is 29.0 Å². The van der Waals surface area contributed by atoms with E-state index in [1.54, 1.807) is 11.6 Å². The third-order valence-electron chi connectivity index (χ3n) is 3.81. The molecular formula is C15H15BrN4O3. The Kier molecular flexibility index (Phi) is 4.16. The SMILES string of the molecule is Cc1c(C(=O)NC(C(=O)O)C2CC2)nnn1-c1cccc(Br)c1. The lowest BCUT2D eigenvalue weighted by Crippen LogP contribution is -2.42. The van der Waals surface area contributed by atoms with E-state index in [-0.39, 0.29) is 11.6 Å². The van der Waals surface area contributed by atoms with Gasteiger partial charge in [-0.15, -0.1) is 5.10 Å². The summed E-state index contributed by atoms with van der Waals surface area (Å²) in [6, 6.07) is 6.58. The maximum Gasteiger partial charge on any atom is 0.326 e. The molecule has 1 unspecified atom stereocenters. The van der Waals surface area contributed by atoms with E-state index in [4.69, 9.17) is 0 Å². The minimum atomic E-state index is -1.02. The zero-order valence-electron chi connectivity index (χ0n) is 12.4. The van der Waals surface area contributed by atoms with E-state index in [0.29, 0.717) is 5.69 Å². The first-order valence-electron chi connectivity index (χ1n) is 7.19. The lowest BCUT2D eigenvalue weighted by Gasteiger charge is -2.12. The van der Waals surface area contributed by atoms with Crippen LogP contribution in [0.2, 0.25) is 0 Å². The van der Waals surface area contributed by atoms with Gasteiger partial charge >= 0.3 is 5.97 Å². The molecule has 0 aliphatic heterocycles. The number of carboxylic acids is 1. The van der Waals surface area contributed by atoms with Crippen molar-refractivity contribution in [3.8, 4) is 5.69 Å². The average Bonchev–Trinajstić information content (AvgIpc) is 3.26. The molecule has 1 aliphatic carbocycles. The molecule has 0 radical (unpaired) electrons. The second kappa shape index (κ2) is 6.11. The Balaban J connectivity index is 1.83. The number of amides is 1. The Hall–Kier alpha value is -2.22. The molecule has 7 nitrogen and oxygen atoms in total. The zero-order chi connectivity index (χ0) is 16.6. The van der Waals surface area contributed by atoms with E-state index in [1.165, 1.54) is 0 Å². The lowest BCUT2D eigenvalue weighted by molar-refractivity contribution is -0.139. The van der Waals surface area contributed by atoms with Crippen LogP contribution < -0.4 is 5.32 Å². The van der Waals surface area contributed by atoms with Crippen molar-refractivity contribution < 1.29 is 14.7 Å². The minimum Gasteiger partial charge on any atom is -0.480 e. The second-order valence-corrected chi connectivity index (χ2v) is 6.46. The van der Waals surface area contributed by atoms with Gasteiger partial charge in [0.05, 0.1) is 11.4 Å². The van der Waals surface area contributed by atoms with Gasteiger partial charge in [-0.05, 0) is 43.9 Å². The first kappa shape index (κ1) is 15.7. The van der Waals surface area contributed by atoms with Gasteiger partial charge in [-0.3, -0.25) is 4.79 Å². The monoisotopic (exact) mass is 378 g/mol. The van der Waals surface area contributed by atoms with E-state index < -0.39 is 17.9 Å². The summed E-state index contributed by atoms with van der Waals surface area (Å²) < 4.78 is 2.43. The summed E-state index contributed by atoms with van der Waals surface area (Å²) in [6.07, 6.45) is 1.64. The summed E-state index contributed by atoms with van der Waals surface area (Å²) >= 11 is 3.39. The van der Waals surface area contributed by atoms with Crippen LogP contribution >= 0.6 is 15.9 Å². The highest BCUT2D eigenvalue weighted by molar-refractivity contribution is 9.10. The molecule has 2 N–H and O–H groups in total. The van der Waals surface area contributed by atoms with E-state index in [0.717, 1.165) is 23.0 Å². The Bertz CT molecular complexity index is 770. The summed E-state index contributed by atoms with van der Waals surface area (Å²) in [5, 5.41) is 19.7. The van der Waals surface area contributed by atoms with Crippen LogP contribution in [0, 0.1) is 12.8 Å². The molecule has 1 heterocycles. The third-order valence-corrected chi connectivity index (χ3v) is 4.30.